The SMILES string of the molecule is CC(=O)c1ccc(N=Cc2cc(Br)c(I)o2)cc1. The third-order valence-corrected chi connectivity index (χ3v) is 4.41. The van der Waals surface area contributed by atoms with Gasteiger partial charge in [0.1, 0.15) is 5.76 Å². The smallest absolute Gasteiger partial charge is 0.178 e. The van der Waals surface area contributed by atoms with Crippen LogP contribution in [0.1, 0.15) is 23.0 Å². The van der Waals surface area contributed by atoms with Crippen LogP contribution < -0.4 is 0 Å². The molecule has 1 heterocycles. The highest BCUT2D eigenvalue weighted by molar-refractivity contribution is 14.1. The topological polar surface area (TPSA) is 42.6 Å². The highest BCUT2D eigenvalue weighted by atomic mass is 127. The third kappa shape index (κ3) is 3.29. The Hall–Kier alpha value is -0.950. The molecule has 0 fully saturated rings. The van der Waals surface area contributed by atoms with Crippen LogP contribution in [0.3, 0.4) is 0 Å². The summed E-state index contributed by atoms with van der Waals surface area (Å²) in [6.07, 6.45) is 1.65. The van der Waals surface area contributed by atoms with Gasteiger partial charge in [-0.3, -0.25) is 9.79 Å². The first-order valence-corrected chi connectivity index (χ1v) is 7.03. The summed E-state index contributed by atoms with van der Waals surface area (Å²) in [6.45, 7) is 1.54. The molecule has 1 aromatic heterocycles. The first-order valence-electron chi connectivity index (χ1n) is 5.16. The van der Waals surface area contributed by atoms with Crippen molar-refractivity contribution in [3.05, 3.63) is 49.9 Å². The number of carbonyl (C=O) groups excluding carboxylic acids is 1. The van der Waals surface area contributed by atoms with E-state index in [2.05, 4.69) is 43.5 Å². The number of carbonyl (C=O) groups is 1. The summed E-state index contributed by atoms with van der Waals surface area (Å²) in [5.41, 5.74) is 1.46. The molecule has 0 spiro atoms. The van der Waals surface area contributed by atoms with Crippen LogP contribution in [0.25, 0.3) is 0 Å². The van der Waals surface area contributed by atoms with Gasteiger partial charge in [-0.1, -0.05) is 0 Å². The Kier molecular flexibility index (Phi) is 4.34. The fourth-order valence-electron chi connectivity index (χ4n) is 1.35. The number of benzene rings is 1. The fourth-order valence-corrected chi connectivity index (χ4v) is 2.06. The van der Waals surface area contributed by atoms with Crippen molar-refractivity contribution in [2.45, 2.75) is 6.92 Å². The van der Waals surface area contributed by atoms with Crippen LogP contribution in [-0.2, 0) is 0 Å². The number of hydrogen-bond acceptors (Lipinski definition) is 3. The van der Waals surface area contributed by atoms with E-state index in [0.717, 1.165) is 13.9 Å². The molecule has 2 rings (SSSR count). The second-order valence-electron chi connectivity index (χ2n) is 3.63. The highest BCUT2D eigenvalue weighted by Crippen LogP contribution is 2.22. The summed E-state index contributed by atoms with van der Waals surface area (Å²) in [5, 5.41) is 0. The van der Waals surface area contributed by atoms with Crippen LogP contribution in [0, 0.1) is 3.77 Å². The van der Waals surface area contributed by atoms with E-state index in [-0.39, 0.29) is 5.78 Å². The molecule has 92 valence electrons. The summed E-state index contributed by atoms with van der Waals surface area (Å²) >= 11 is 5.47. The number of furan rings is 1. The first-order chi connectivity index (χ1) is 8.56. The number of rotatable bonds is 3. The summed E-state index contributed by atoms with van der Waals surface area (Å²) in [5.74, 6) is 0.733. The maximum Gasteiger partial charge on any atom is 0.178 e. The van der Waals surface area contributed by atoms with E-state index < -0.39 is 0 Å². The molecule has 0 N–H and O–H groups in total. The molecule has 0 aliphatic rings. The molecule has 0 radical (unpaired) electrons. The fraction of sp³-hybridized carbons (Fsp3) is 0.0769. The first kappa shape index (κ1) is 13.5. The quantitative estimate of drug-likeness (QED) is 0.416. The van der Waals surface area contributed by atoms with Crippen molar-refractivity contribution in [1.82, 2.24) is 0 Å². The van der Waals surface area contributed by atoms with Crippen LogP contribution >= 0.6 is 38.5 Å². The molecule has 0 atom stereocenters. The summed E-state index contributed by atoms with van der Waals surface area (Å²) in [6, 6.07) is 8.98. The van der Waals surface area contributed by atoms with E-state index in [1.165, 1.54) is 0 Å². The van der Waals surface area contributed by atoms with Crippen molar-refractivity contribution in [1.29, 1.82) is 0 Å². The van der Waals surface area contributed by atoms with Gasteiger partial charge in [0.05, 0.1) is 16.4 Å². The largest absolute Gasteiger partial charge is 0.448 e. The maximum atomic E-state index is 11.1. The van der Waals surface area contributed by atoms with Crippen molar-refractivity contribution in [2.75, 3.05) is 0 Å². The van der Waals surface area contributed by atoms with E-state index in [0.29, 0.717) is 11.3 Å². The Morgan fingerprint density at radius 1 is 1.39 bits per heavy atom. The van der Waals surface area contributed by atoms with Crippen LogP contribution in [-0.4, -0.2) is 12.0 Å². The summed E-state index contributed by atoms with van der Waals surface area (Å²) < 4.78 is 7.14. The van der Waals surface area contributed by atoms with Gasteiger partial charge in [-0.2, -0.15) is 0 Å². The zero-order valence-corrected chi connectivity index (χ0v) is 13.2. The van der Waals surface area contributed by atoms with Gasteiger partial charge in [0.2, 0.25) is 0 Å². The van der Waals surface area contributed by atoms with E-state index in [9.17, 15) is 4.79 Å². The predicted molar refractivity (Wildman–Crippen MR) is 82.8 cm³/mol. The Balaban J connectivity index is 2.16. The second-order valence-corrected chi connectivity index (χ2v) is 5.47. The Morgan fingerprint density at radius 2 is 2.06 bits per heavy atom. The normalized spacial score (nSPS) is 11.1. The van der Waals surface area contributed by atoms with Crippen LogP contribution in [0.15, 0.2) is 44.2 Å². The molecule has 2 aromatic rings. The average molecular weight is 418 g/mol. The van der Waals surface area contributed by atoms with Gasteiger partial charge in [-0.05, 0) is 47.1 Å². The van der Waals surface area contributed by atoms with Gasteiger partial charge >= 0.3 is 0 Å². The predicted octanol–water partition coefficient (Wildman–Crippen LogP) is 4.60. The molecule has 0 saturated carbocycles. The van der Waals surface area contributed by atoms with E-state index in [1.807, 2.05) is 6.07 Å². The molecule has 1 aromatic carbocycles. The standard InChI is InChI=1S/C13H9BrINO2/c1-8(17)9-2-4-10(5-3-9)16-7-11-6-12(14)13(15)18-11/h2-7H,1H3. The van der Waals surface area contributed by atoms with Gasteiger partial charge in [0, 0.05) is 34.2 Å². The van der Waals surface area contributed by atoms with Gasteiger partial charge in [-0.25, -0.2) is 0 Å². The lowest BCUT2D eigenvalue weighted by atomic mass is 10.1. The van der Waals surface area contributed by atoms with Gasteiger partial charge < -0.3 is 4.42 Å². The number of ketones is 1. The molecule has 0 aliphatic heterocycles. The number of Topliss-reactive ketones (excluding diaryl/α,β-unsaturated/α-hetero) is 1. The van der Waals surface area contributed by atoms with E-state index >= 15 is 0 Å². The van der Waals surface area contributed by atoms with Gasteiger partial charge in [-0.15, -0.1) is 0 Å². The van der Waals surface area contributed by atoms with Crippen molar-refractivity contribution < 1.29 is 9.21 Å². The van der Waals surface area contributed by atoms with Crippen LogP contribution in [0.2, 0.25) is 0 Å². The molecule has 18 heavy (non-hydrogen) atoms. The molecular weight excluding hydrogens is 409 g/mol. The maximum absolute atomic E-state index is 11.1. The lowest BCUT2D eigenvalue weighted by molar-refractivity contribution is 0.101. The third-order valence-electron chi connectivity index (χ3n) is 2.28. The Labute approximate surface area is 127 Å². The van der Waals surface area contributed by atoms with E-state index in [4.69, 9.17) is 4.42 Å². The van der Waals surface area contributed by atoms with Crippen LogP contribution in [0.5, 0.6) is 0 Å². The lowest BCUT2D eigenvalue weighted by Gasteiger charge is -1.95. The van der Waals surface area contributed by atoms with Crippen molar-refractivity contribution in [3.63, 3.8) is 0 Å². The minimum Gasteiger partial charge on any atom is -0.448 e. The zero-order chi connectivity index (χ0) is 13.1. The average Bonchev–Trinajstić information content (AvgIpc) is 2.67. The molecule has 5 heteroatoms. The number of halogens is 2. The molecule has 0 aliphatic carbocycles. The van der Waals surface area contributed by atoms with Crippen molar-refractivity contribution in [2.24, 2.45) is 4.99 Å². The highest BCUT2D eigenvalue weighted by Gasteiger charge is 2.03. The summed E-state index contributed by atoms with van der Waals surface area (Å²) in [4.78, 5) is 15.4. The molecule has 3 nitrogen and oxygen atoms in total. The summed E-state index contributed by atoms with van der Waals surface area (Å²) in [7, 11) is 0. The Morgan fingerprint density at radius 3 is 2.56 bits per heavy atom. The minimum absolute atomic E-state index is 0.0510. The van der Waals surface area contributed by atoms with Gasteiger partial charge in [0.25, 0.3) is 0 Å². The Bertz CT molecular complexity index is 582. The van der Waals surface area contributed by atoms with E-state index in [1.54, 1.807) is 37.4 Å². The van der Waals surface area contributed by atoms with Gasteiger partial charge in [0.15, 0.2) is 9.55 Å². The molecule has 0 saturated heterocycles. The van der Waals surface area contributed by atoms with Crippen molar-refractivity contribution >= 4 is 56.2 Å². The lowest BCUT2D eigenvalue weighted by Crippen LogP contribution is -1.89. The van der Waals surface area contributed by atoms with Crippen LogP contribution in [0.4, 0.5) is 5.69 Å². The number of nitrogens with zero attached hydrogens (tertiary/aromatic N) is 1. The molecule has 0 amide bonds. The van der Waals surface area contributed by atoms with Crippen molar-refractivity contribution in [3.8, 4) is 0 Å². The zero-order valence-electron chi connectivity index (χ0n) is 9.48. The second kappa shape index (κ2) is 5.79. The number of aliphatic imine (C=N–C) groups is 1. The molecule has 0 unspecified atom stereocenters. The molecule has 0 bridgehead atoms. The monoisotopic (exact) mass is 417 g/mol. The molecular formula is C13H9BrINO2. The minimum atomic E-state index is 0.0510. The number of hydrogen-bond donors (Lipinski definition) is 0.